The molecular weight excluding hydrogens is 210 g/mol. The molecule has 0 heterocycles. The van der Waals surface area contributed by atoms with E-state index < -0.39 is 0 Å². The van der Waals surface area contributed by atoms with Gasteiger partial charge in [0.2, 0.25) is 0 Å². The van der Waals surface area contributed by atoms with Crippen molar-refractivity contribution in [2.24, 2.45) is 0 Å². The van der Waals surface area contributed by atoms with Gasteiger partial charge in [0.1, 0.15) is 5.75 Å². The molecule has 0 saturated carbocycles. The summed E-state index contributed by atoms with van der Waals surface area (Å²) in [6.07, 6.45) is 2.76. The van der Waals surface area contributed by atoms with Crippen molar-refractivity contribution < 1.29 is 4.74 Å². The Morgan fingerprint density at radius 2 is 2.18 bits per heavy atom. The topological polar surface area (TPSA) is 21.3 Å². The van der Waals surface area contributed by atoms with E-state index in [0.717, 1.165) is 18.7 Å². The van der Waals surface area contributed by atoms with E-state index in [-0.39, 0.29) is 0 Å². The number of benzene rings is 1. The maximum atomic E-state index is 5.75. The largest absolute Gasteiger partial charge is 0.493 e. The quantitative estimate of drug-likeness (QED) is 0.575. The zero-order valence-corrected chi connectivity index (χ0v) is 11.1. The first-order valence-corrected chi connectivity index (χ1v) is 6.20. The highest BCUT2D eigenvalue weighted by Crippen LogP contribution is 2.20. The number of hydrogen-bond donors (Lipinski definition) is 1. The van der Waals surface area contributed by atoms with Crippen LogP contribution in [0.5, 0.6) is 5.75 Å². The minimum absolute atomic E-state index is 0.483. The van der Waals surface area contributed by atoms with E-state index in [1.54, 1.807) is 0 Å². The summed E-state index contributed by atoms with van der Waals surface area (Å²) in [4.78, 5) is 0. The second-order valence-corrected chi connectivity index (χ2v) is 4.57. The van der Waals surface area contributed by atoms with Gasteiger partial charge in [0.15, 0.2) is 0 Å². The fourth-order valence-corrected chi connectivity index (χ4v) is 1.55. The van der Waals surface area contributed by atoms with E-state index in [1.807, 2.05) is 6.08 Å². The van der Waals surface area contributed by atoms with Crippen molar-refractivity contribution in [3.8, 4) is 5.75 Å². The molecule has 1 N–H and O–H groups in total. The zero-order chi connectivity index (χ0) is 12.7. The highest BCUT2D eigenvalue weighted by atomic mass is 16.5. The molecule has 0 saturated heterocycles. The fourth-order valence-electron chi connectivity index (χ4n) is 1.55. The van der Waals surface area contributed by atoms with E-state index in [4.69, 9.17) is 4.74 Å². The Hall–Kier alpha value is -1.28. The van der Waals surface area contributed by atoms with Crippen molar-refractivity contribution in [2.45, 2.75) is 39.8 Å². The lowest BCUT2D eigenvalue weighted by Gasteiger charge is -2.14. The van der Waals surface area contributed by atoms with Crippen LogP contribution in [0.3, 0.4) is 0 Å². The molecule has 17 heavy (non-hydrogen) atoms. The molecule has 0 bridgehead atoms. The Morgan fingerprint density at radius 1 is 1.41 bits per heavy atom. The molecule has 0 aromatic heterocycles. The van der Waals surface area contributed by atoms with Gasteiger partial charge in [0.05, 0.1) is 6.61 Å². The Kier molecular flexibility index (Phi) is 5.78. The lowest BCUT2D eigenvalue weighted by molar-refractivity contribution is 0.320. The molecule has 0 atom stereocenters. The van der Waals surface area contributed by atoms with Crippen molar-refractivity contribution in [1.82, 2.24) is 5.32 Å². The lowest BCUT2D eigenvalue weighted by atomic mass is 10.1. The molecule has 0 aliphatic carbocycles. The van der Waals surface area contributed by atoms with Crippen LogP contribution >= 0.6 is 0 Å². The predicted molar refractivity (Wildman–Crippen MR) is 73.5 cm³/mol. The Bertz CT molecular complexity index is 358. The van der Waals surface area contributed by atoms with Gasteiger partial charge >= 0.3 is 0 Å². The van der Waals surface area contributed by atoms with Crippen molar-refractivity contribution in [3.63, 3.8) is 0 Å². The Balaban J connectivity index is 2.69. The molecule has 2 heteroatoms. The average Bonchev–Trinajstić information content (AvgIpc) is 2.29. The first-order valence-electron chi connectivity index (χ1n) is 6.20. The second-order valence-electron chi connectivity index (χ2n) is 4.57. The third-order valence-electron chi connectivity index (χ3n) is 2.50. The highest BCUT2D eigenvalue weighted by Gasteiger charge is 2.04. The van der Waals surface area contributed by atoms with Crippen LogP contribution in [0.25, 0.3) is 0 Å². The smallest absolute Gasteiger partial charge is 0.123 e. The third kappa shape index (κ3) is 5.05. The fraction of sp³-hybridized carbons (Fsp3) is 0.467. The molecule has 0 aliphatic rings. The van der Waals surface area contributed by atoms with Crippen LogP contribution in [-0.4, -0.2) is 12.6 Å². The van der Waals surface area contributed by atoms with Crippen LogP contribution in [0.15, 0.2) is 30.9 Å². The van der Waals surface area contributed by atoms with Crippen LogP contribution in [0.4, 0.5) is 0 Å². The molecule has 0 aliphatic heterocycles. The van der Waals surface area contributed by atoms with Crippen LogP contribution in [-0.2, 0) is 6.54 Å². The Morgan fingerprint density at radius 3 is 2.82 bits per heavy atom. The van der Waals surface area contributed by atoms with Crippen LogP contribution in [0.1, 0.15) is 31.4 Å². The normalized spacial score (nSPS) is 10.6. The van der Waals surface area contributed by atoms with Gasteiger partial charge in [-0.15, -0.1) is 6.58 Å². The van der Waals surface area contributed by atoms with Crippen molar-refractivity contribution >= 4 is 0 Å². The third-order valence-corrected chi connectivity index (χ3v) is 2.50. The Labute approximate surface area is 105 Å². The van der Waals surface area contributed by atoms with Crippen LogP contribution in [0, 0.1) is 6.92 Å². The summed E-state index contributed by atoms with van der Waals surface area (Å²) in [5.74, 6) is 0.977. The molecular formula is C15H23NO. The molecule has 1 aromatic carbocycles. The number of rotatable bonds is 7. The monoisotopic (exact) mass is 233 g/mol. The van der Waals surface area contributed by atoms with Crippen molar-refractivity contribution in [3.05, 3.63) is 42.0 Å². The summed E-state index contributed by atoms with van der Waals surface area (Å²) in [5, 5.41) is 3.42. The van der Waals surface area contributed by atoms with Gasteiger partial charge in [-0.3, -0.25) is 0 Å². The standard InChI is InChI=1S/C15H23NO/c1-5-6-9-17-15-8-7-13(4)10-14(15)11-16-12(2)3/h5,7-8,10,12,16H,1,6,9,11H2,2-4H3. The van der Waals surface area contributed by atoms with Gasteiger partial charge in [-0.05, 0) is 19.4 Å². The SMILES string of the molecule is C=CCCOc1ccc(C)cc1CNC(C)C. The van der Waals surface area contributed by atoms with Gasteiger partial charge in [-0.2, -0.15) is 0 Å². The number of hydrogen-bond acceptors (Lipinski definition) is 2. The molecule has 1 aromatic rings. The molecule has 94 valence electrons. The molecule has 0 radical (unpaired) electrons. The first-order chi connectivity index (χ1) is 8.13. The van der Waals surface area contributed by atoms with Crippen molar-refractivity contribution in [2.75, 3.05) is 6.61 Å². The molecule has 0 fully saturated rings. The minimum Gasteiger partial charge on any atom is -0.493 e. The predicted octanol–water partition coefficient (Wildman–Crippen LogP) is 3.45. The second kappa shape index (κ2) is 7.13. The summed E-state index contributed by atoms with van der Waals surface area (Å²) in [7, 11) is 0. The first kappa shape index (κ1) is 13.8. The van der Waals surface area contributed by atoms with Crippen LogP contribution < -0.4 is 10.1 Å². The molecule has 2 nitrogen and oxygen atoms in total. The lowest BCUT2D eigenvalue weighted by Crippen LogP contribution is -2.22. The summed E-state index contributed by atoms with van der Waals surface area (Å²) < 4.78 is 5.75. The maximum Gasteiger partial charge on any atom is 0.123 e. The summed E-state index contributed by atoms with van der Waals surface area (Å²) in [5.41, 5.74) is 2.49. The van der Waals surface area contributed by atoms with Gasteiger partial charge in [-0.25, -0.2) is 0 Å². The molecule has 0 spiro atoms. The van der Waals surface area contributed by atoms with E-state index in [2.05, 4.69) is 50.9 Å². The summed E-state index contributed by atoms with van der Waals surface area (Å²) >= 11 is 0. The maximum absolute atomic E-state index is 5.75. The van der Waals surface area contributed by atoms with Gasteiger partial charge in [0.25, 0.3) is 0 Å². The molecule has 1 rings (SSSR count). The van der Waals surface area contributed by atoms with E-state index >= 15 is 0 Å². The summed E-state index contributed by atoms with van der Waals surface area (Å²) in [6.45, 7) is 11.6. The van der Waals surface area contributed by atoms with Gasteiger partial charge in [0, 0.05) is 18.2 Å². The molecule has 0 unspecified atom stereocenters. The van der Waals surface area contributed by atoms with Crippen LogP contribution in [0.2, 0.25) is 0 Å². The molecule has 0 amide bonds. The van der Waals surface area contributed by atoms with E-state index in [1.165, 1.54) is 11.1 Å². The van der Waals surface area contributed by atoms with E-state index in [0.29, 0.717) is 12.6 Å². The highest BCUT2D eigenvalue weighted by molar-refractivity contribution is 5.36. The van der Waals surface area contributed by atoms with E-state index in [9.17, 15) is 0 Å². The average molecular weight is 233 g/mol. The zero-order valence-electron chi connectivity index (χ0n) is 11.1. The summed E-state index contributed by atoms with van der Waals surface area (Å²) in [6, 6.07) is 6.80. The number of nitrogens with one attached hydrogen (secondary N) is 1. The number of ether oxygens (including phenoxy) is 1. The minimum atomic E-state index is 0.483. The van der Waals surface area contributed by atoms with Gasteiger partial charge in [-0.1, -0.05) is 37.6 Å². The van der Waals surface area contributed by atoms with Gasteiger partial charge < -0.3 is 10.1 Å². The van der Waals surface area contributed by atoms with Crippen molar-refractivity contribution in [1.29, 1.82) is 0 Å². The number of aryl methyl sites for hydroxylation is 1.